The van der Waals surface area contributed by atoms with Crippen LogP contribution in [0, 0.1) is 5.82 Å². The Morgan fingerprint density at radius 3 is 2.14 bits per heavy atom. The van der Waals surface area contributed by atoms with Gasteiger partial charge in [-0.1, -0.05) is 42.5 Å². The van der Waals surface area contributed by atoms with Crippen LogP contribution in [0.25, 0.3) is 0 Å². The van der Waals surface area contributed by atoms with Crippen LogP contribution in [0.4, 0.5) is 4.39 Å². The van der Waals surface area contributed by atoms with Gasteiger partial charge >= 0.3 is 5.97 Å². The zero-order valence-electron chi connectivity index (χ0n) is 11.6. The topological polar surface area (TPSA) is 92.4 Å². The highest BCUT2D eigenvalue weighted by molar-refractivity contribution is 5.88. The van der Waals surface area contributed by atoms with Crippen molar-refractivity contribution in [2.45, 2.75) is 12.1 Å². The minimum absolute atomic E-state index is 0.266. The minimum Gasteiger partial charge on any atom is -0.479 e. The quantitative estimate of drug-likeness (QED) is 0.785. The number of hydrogen-bond donors (Lipinski definition) is 3. The zero-order chi connectivity index (χ0) is 16.1. The van der Waals surface area contributed by atoms with E-state index in [1.165, 1.54) is 12.1 Å². The van der Waals surface area contributed by atoms with E-state index in [1.54, 1.807) is 30.3 Å². The number of aliphatic carboxylic acids is 1. The molecule has 1 amide bonds. The molecule has 0 saturated carbocycles. The molecule has 0 radical (unpaired) electrons. The van der Waals surface area contributed by atoms with Crippen LogP contribution in [-0.4, -0.2) is 17.0 Å². The molecular formula is C16H15FN2O3. The molecule has 2 aromatic carbocycles. The van der Waals surface area contributed by atoms with Crippen LogP contribution in [-0.2, 0) is 9.59 Å². The average Bonchev–Trinajstić information content (AvgIpc) is 2.53. The molecule has 6 heteroatoms. The first-order chi connectivity index (χ1) is 10.5. The minimum atomic E-state index is -1.29. The number of rotatable bonds is 5. The first kappa shape index (κ1) is 15.7. The number of hydrogen-bond acceptors (Lipinski definition) is 3. The van der Waals surface area contributed by atoms with E-state index in [1.807, 2.05) is 0 Å². The van der Waals surface area contributed by atoms with Gasteiger partial charge in [-0.05, 0) is 23.3 Å². The molecule has 0 spiro atoms. The maximum Gasteiger partial charge on any atom is 0.330 e. The fraction of sp³-hybridized carbons (Fsp3) is 0.125. The number of halogens is 1. The van der Waals surface area contributed by atoms with Gasteiger partial charge < -0.3 is 16.2 Å². The van der Waals surface area contributed by atoms with E-state index in [-0.39, 0.29) is 5.56 Å². The van der Waals surface area contributed by atoms with Crippen LogP contribution >= 0.6 is 0 Å². The molecule has 2 atom stereocenters. The first-order valence-electron chi connectivity index (χ1n) is 6.58. The van der Waals surface area contributed by atoms with Gasteiger partial charge in [0.15, 0.2) is 6.04 Å². The van der Waals surface area contributed by atoms with Gasteiger partial charge in [0.25, 0.3) is 0 Å². The maximum atomic E-state index is 12.9. The number of amides is 1. The lowest BCUT2D eigenvalue weighted by Gasteiger charge is -2.18. The number of carbonyl (C=O) groups excluding carboxylic acids is 1. The second kappa shape index (κ2) is 6.82. The molecular weight excluding hydrogens is 287 g/mol. The molecule has 0 bridgehead atoms. The maximum absolute atomic E-state index is 12.9. The van der Waals surface area contributed by atoms with Crippen molar-refractivity contribution in [1.29, 1.82) is 0 Å². The van der Waals surface area contributed by atoms with Crippen molar-refractivity contribution in [3.63, 3.8) is 0 Å². The van der Waals surface area contributed by atoms with Crippen LogP contribution in [0.2, 0.25) is 0 Å². The highest BCUT2D eigenvalue weighted by atomic mass is 19.1. The molecule has 0 fully saturated rings. The van der Waals surface area contributed by atoms with Gasteiger partial charge in [-0.25, -0.2) is 9.18 Å². The van der Waals surface area contributed by atoms with E-state index in [2.05, 4.69) is 5.32 Å². The van der Waals surface area contributed by atoms with Crippen LogP contribution < -0.4 is 11.1 Å². The second-order valence-electron chi connectivity index (χ2n) is 4.72. The molecule has 114 valence electrons. The lowest BCUT2D eigenvalue weighted by atomic mass is 10.0. The van der Waals surface area contributed by atoms with Crippen molar-refractivity contribution in [1.82, 2.24) is 5.32 Å². The van der Waals surface area contributed by atoms with Gasteiger partial charge in [0, 0.05) is 0 Å². The SMILES string of the molecule is N[C@@H](C(=O)N[C@@H](C(=O)O)c1ccc(F)cc1)c1ccccc1. The summed E-state index contributed by atoms with van der Waals surface area (Å²) in [6, 6.07) is 11.2. The molecule has 22 heavy (non-hydrogen) atoms. The Morgan fingerprint density at radius 2 is 1.59 bits per heavy atom. The number of carboxylic acids is 1. The fourth-order valence-corrected chi connectivity index (χ4v) is 1.99. The van der Waals surface area contributed by atoms with Crippen LogP contribution in [0.1, 0.15) is 23.2 Å². The average molecular weight is 302 g/mol. The lowest BCUT2D eigenvalue weighted by molar-refractivity contribution is -0.142. The van der Waals surface area contributed by atoms with Gasteiger partial charge in [0.05, 0.1) is 0 Å². The number of carboxylic acid groups (broad SMARTS) is 1. The third-order valence-electron chi connectivity index (χ3n) is 3.18. The molecule has 0 aliphatic heterocycles. The highest BCUT2D eigenvalue weighted by Crippen LogP contribution is 2.16. The zero-order valence-corrected chi connectivity index (χ0v) is 11.6. The standard InChI is InChI=1S/C16H15FN2O3/c17-12-8-6-11(7-9-12)14(16(21)22)19-15(20)13(18)10-4-2-1-3-5-10/h1-9,13-14H,18H2,(H,19,20)(H,21,22)/t13-,14-/m1/s1. The number of nitrogens with two attached hydrogens (primary N) is 1. The summed E-state index contributed by atoms with van der Waals surface area (Å²) in [5.41, 5.74) is 6.66. The van der Waals surface area contributed by atoms with Crippen molar-refractivity contribution in [3.8, 4) is 0 Å². The highest BCUT2D eigenvalue weighted by Gasteiger charge is 2.25. The molecule has 0 aliphatic rings. The normalized spacial score (nSPS) is 13.2. The molecule has 2 rings (SSSR count). The third-order valence-corrected chi connectivity index (χ3v) is 3.18. The van der Waals surface area contributed by atoms with E-state index in [4.69, 9.17) is 5.73 Å². The Morgan fingerprint density at radius 1 is 1.00 bits per heavy atom. The molecule has 0 saturated heterocycles. The van der Waals surface area contributed by atoms with Crippen molar-refractivity contribution in [2.24, 2.45) is 5.73 Å². The molecule has 2 aromatic rings. The van der Waals surface area contributed by atoms with E-state index in [0.717, 1.165) is 12.1 Å². The van der Waals surface area contributed by atoms with Gasteiger partial charge in [-0.3, -0.25) is 4.79 Å². The lowest BCUT2D eigenvalue weighted by Crippen LogP contribution is -2.39. The summed E-state index contributed by atoms with van der Waals surface area (Å²) in [6.07, 6.45) is 0. The Kier molecular flexibility index (Phi) is 4.85. The van der Waals surface area contributed by atoms with E-state index in [0.29, 0.717) is 5.56 Å². The largest absolute Gasteiger partial charge is 0.479 e. The van der Waals surface area contributed by atoms with Crippen molar-refractivity contribution in [2.75, 3.05) is 0 Å². The van der Waals surface area contributed by atoms with Crippen LogP contribution in [0.3, 0.4) is 0 Å². The summed E-state index contributed by atoms with van der Waals surface area (Å²) in [5, 5.41) is 11.6. The number of nitrogens with one attached hydrogen (secondary N) is 1. The molecule has 0 unspecified atom stereocenters. The molecule has 5 nitrogen and oxygen atoms in total. The van der Waals surface area contributed by atoms with Gasteiger partial charge in [0.2, 0.25) is 5.91 Å². The molecule has 0 aromatic heterocycles. The van der Waals surface area contributed by atoms with Crippen LogP contribution in [0.5, 0.6) is 0 Å². The predicted molar refractivity (Wildman–Crippen MR) is 78.3 cm³/mol. The van der Waals surface area contributed by atoms with Gasteiger partial charge in [-0.2, -0.15) is 0 Å². The van der Waals surface area contributed by atoms with Gasteiger partial charge in [0.1, 0.15) is 11.9 Å². The first-order valence-corrected chi connectivity index (χ1v) is 6.58. The van der Waals surface area contributed by atoms with E-state index in [9.17, 15) is 19.1 Å². The number of carbonyl (C=O) groups is 2. The Hall–Kier alpha value is -2.73. The number of benzene rings is 2. The summed E-state index contributed by atoms with van der Waals surface area (Å²) in [5.74, 6) is -2.36. The summed E-state index contributed by atoms with van der Waals surface area (Å²) in [6.45, 7) is 0. The Labute approximate surface area is 126 Å². The van der Waals surface area contributed by atoms with Crippen molar-refractivity contribution < 1.29 is 19.1 Å². The Balaban J connectivity index is 2.16. The summed E-state index contributed by atoms with van der Waals surface area (Å²) in [4.78, 5) is 23.5. The third kappa shape index (κ3) is 3.67. The van der Waals surface area contributed by atoms with Gasteiger partial charge in [-0.15, -0.1) is 0 Å². The Bertz CT molecular complexity index is 659. The molecule has 4 N–H and O–H groups in total. The van der Waals surface area contributed by atoms with Crippen molar-refractivity contribution in [3.05, 3.63) is 71.5 Å². The molecule has 0 aliphatic carbocycles. The predicted octanol–water partition coefficient (Wildman–Crippen LogP) is 1.77. The summed E-state index contributed by atoms with van der Waals surface area (Å²) >= 11 is 0. The second-order valence-corrected chi connectivity index (χ2v) is 4.72. The van der Waals surface area contributed by atoms with Crippen LogP contribution in [0.15, 0.2) is 54.6 Å². The summed E-state index contributed by atoms with van der Waals surface area (Å²) < 4.78 is 12.9. The van der Waals surface area contributed by atoms with E-state index >= 15 is 0 Å². The monoisotopic (exact) mass is 302 g/mol. The van der Waals surface area contributed by atoms with Crippen molar-refractivity contribution >= 4 is 11.9 Å². The van der Waals surface area contributed by atoms with E-state index < -0.39 is 29.8 Å². The fourth-order valence-electron chi connectivity index (χ4n) is 1.99. The molecule has 0 heterocycles. The smallest absolute Gasteiger partial charge is 0.330 e. The summed E-state index contributed by atoms with van der Waals surface area (Å²) in [7, 11) is 0.